The fourth-order valence-electron chi connectivity index (χ4n) is 3.23. The summed E-state index contributed by atoms with van der Waals surface area (Å²) in [7, 11) is 0. The molecule has 1 aliphatic heterocycles. The number of carbonyl (C=O) groups is 1. The highest BCUT2D eigenvalue weighted by Crippen LogP contribution is 2.19. The number of hydrogen-bond acceptors (Lipinski definition) is 4. The Labute approximate surface area is 158 Å². The van der Waals surface area contributed by atoms with Crippen LogP contribution in [0.4, 0.5) is 0 Å². The van der Waals surface area contributed by atoms with Crippen LogP contribution in [0, 0.1) is 6.92 Å². The largest absolute Gasteiger partial charge is 0.472 e. The molecule has 0 saturated carbocycles. The Bertz CT molecular complexity index is 889. The van der Waals surface area contributed by atoms with E-state index in [-0.39, 0.29) is 12.0 Å². The molecule has 1 fully saturated rings. The first-order chi connectivity index (χ1) is 13.2. The number of rotatable bonds is 5. The van der Waals surface area contributed by atoms with Crippen molar-refractivity contribution in [2.45, 2.75) is 26.0 Å². The normalized spacial score (nSPS) is 16.5. The highest BCUT2D eigenvalue weighted by atomic mass is 16.5. The highest BCUT2D eigenvalue weighted by Gasteiger charge is 2.28. The Kier molecular flexibility index (Phi) is 4.87. The minimum absolute atomic E-state index is 0.00956. The first-order valence-electron chi connectivity index (χ1n) is 9.10. The highest BCUT2D eigenvalue weighted by molar-refractivity contribution is 5.94. The van der Waals surface area contributed by atoms with Gasteiger partial charge in [-0.25, -0.2) is 9.97 Å². The third-order valence-corrected chi connectivity index (χ3v) is 4.73. The number of imidazole rings is 1. The summed E-state index contributed by atoms with van der Waals surface area (Å²) in [5.41, 5.74) is 2.94. The molecule has 138 valence electrons. The molecule has 27 heavy (non-hydrogen) atoms. The van der Waals surface area contributed by atoms with Gasteiger partial charge in [-0.2, -0.15) is 0 Å². The molecule has 0 N–H and O–H groups in total. The molecule has 2 aromatic heterocycles. The first kappa shape index (κ1) is 17.3. The van der Waals surface area contributed by atoms with Crippen molar-refractivity contribution in [1.82, 2.24) is 19.4 Å². The van der Waals surface area contributed by atoms with E-state index in [2.05, 4.69) is 9.97 Å². The number of pyridine rings is 1. The molecule has 0 aliphatic carbocycles. The van der Waals surface area contributed by atoms with Crippen LogP contribution < -0.4 is 4.74 Å². The van der Waals surface area contributed by atoms with Crippen molar-refractivity contribution in [3.8, 4) is 5.88 Å². The summed E-state index contributed by atoms with van der Waals surface area (Å²) >= 11 is 0. The van der Waals surface area contributed by atoms with E-state index in [0.717, 1.165) is 24.1 Å². The van der Waals surface area contributed by atoms with E-state index in [1.54, 1.807) is 18.7 Å². The topological polar surface area (TPSA) is 60.2 Å². The van der Waals surface area contributed by atoms with E-state index >= 15 is 0 Å². The fraction of sp³-hybridized carbons (Fsp3) is 0.286. The summed E-state index contributed by atoms with van der Waals surface area (Å²) in [5.74, 6) is 0.663. The van der Waals surface area contributed by atoms with Crippen LogP contribution in [0.15, 0.2) is 61.3 Å². The van der Waals surface area contributed by atoms with Crippen LogP contribution in [-0.4, -0.2) is 44.5 Å². The second kappa shape index (κ2) is 7.61. The molecule has 4 rings (SSSR count). The van der Waals surface area contributed by atoms with Crippen LogP contribution >= 0.6 is 0 Å². The number of hydrogen-bond donors (Lipinski definition) is 0. The number of ether oxygens (including phenoxy) is 1. The minimum Gasteiger partial charge on any atom is -0.472 e. The van der Waals surface area contributed by atoms with Crippen LogP contribution in [0.3, 0.4) is 0 Å². The van der Waals surface area contributed by atoms with E-state index < -0.39 is 0 Å². The minimum atomic E-state index is -0.00956. The summed E-state index contributed by atoms with van der Waals surface area (Å²) in [5, 5.41) is 0. The maximum atomic E-state index is 12.8. The van der Waals surface area contributed by atoms with Gasteiger partial charge in [0, 0.05) is 49.7 Å². The summed E-state index contributed by atoms with van der Waals surface area (Å²) in [6, 6.07) is 11.6. The monoisotopic (exact) mass is 362 g/mol. The van der Waals surface area contributed by atoms with E-state index in [9.17, 15) is 4.79 Å². The molecule has 1 amide bonds. The van der Waals surface area contributed by atoms with Crippen molar-refractivity contribution in [3.63, 3.8) is 0 Å². The Morgan fingerprint density at radius 3 is 2.78 bits per heavy atom. The van der Waals surface area contributed by atoms with Gasteiger partial charge in [-0.05, 0) is 30.2 Å². The quantitative estimate of drug-likeness (QED) is 0.700. The van der Waals surface area contributed by atoms with Gasteiger partial charge in [0.1, 0.15) is 6.10 Å². The molecule has 1 saturated heterocycles. The molecule has 1 aromatic carbocycles. The lowest BCUT2D eigenvalue weighted by Crippen LogP contribution is -2.31. The molecule has 3 heterocycles. The number of likely N-dealkylation sites (tertiary alicyclic amines) is 1. The van der Waals surface area contributed by atoms with Crippen LogP contribution in [0.25, 0.3) is 0 Å². The first-order valence-corrected chi connectivity index (χ1v) is 9.10. The van der Waals surface area contributed by atoms with Gasteiger partial charge in [0.15, 0.2) is 0 Å². The zero-order valence-corrected chi connectivity index (χ0v) is 15.3. The van der Waals surface area contributed by atoms with Crippen molar-refractivity contribution >= 4 is 5.91 Å². The number of nitrogens with zero attached hydrogens (tertiary/aromatic N) is 4. The predicted octanol–water partition coefficient (Wildman–Crippen LogP) is 2.93. The molecular formula is C21H22N4O2. The number of amides is 1. The predicted molar refractivity (Wildman–Crippen MR) is 102 cm³/mol. The van der Waals surface area contributed by atoms with Gasteiger partial charge in [0.25, 0.3) is 5.91 Å². The van der Waals surface area contributed by atoms with Gasteiger partial charge in [-0.3, -0.25) is 4.79 Å². The zero-order valence-electron chi connectivity index (χ0n) is 15.3. The standard InChI is InChI=1S/C21H22N4O2/c1-16-2-7-20(23-12-16)27-19-8-10-25(14-19)21(26)18-5-3-17(4-6-18)13-24-11-9-22-15-24/h2-7,9,11-12,15,19H,8,10,13-14H2,1H3. The average molecular weight is 362 g/mol. The molecule has 1 aliphatic rings. The maximum absolute atomic E-state index is 12.8. The number of aromatic nitrogens is 3. The zero-order chi connectivity index (χ0) is 18.6. The lowest BCUT2D eigenvalue weighted by atomic mass is 10.1. The lowest BCUT2D eigenvalue weighted by molar-refractivity contribution is 0.0771. The van der Waals surface area contributed by atoms with E-state index in [0.29, 0.717) is 24.5 Å². The van der Waals surface area contributed by atoms with Crippen LogP contribution in [0.5, 0.6) is 5.88 Å². The SMILES string of the molecule is Cc1ccc(OC2CCN(C(=O)c3ccc(Cn4ccnc4)cc3)C2)nc1. The molecule has 1 unspecified atom stereocenters. The average Bonchev–Trinajstić information content (AvgIpc) is 3.36. The molecule has 1 atom stereocenters. The van der Waals surface area contributed by atoms with Crippen molar-refractivity contribution in [3.05, 3.63) is 78.0 Å². The summed E-state index contributed by atoms with van der Waals surface area (Å²) in [4.78, 5) is 22.9. The molecule has 3 aromatic rings. The van der Waals surface area contributed by atoms with Crippen LogP contribution in [0.2, 0.25) is 0 Å². The van der Waals surface area contributed by atoms with Gasteiger partial charge in [0.2, 0.25) is 5.88 Å². The van der Waals surface area contributed by atoms with Crippen molar-refractivity contribution in [2.75, 3.05) is 13.1 Å². The number of carbonyl (C=O) groups excluding carboxylic acids is 1. The number of benzene rings is 1. The van der Waals surface area contributed by atoms with E-state index in [4.69, 9.17) is 4.74 Å². The third-order valence-electron chi connectivity index (χ3n) is 4.73. The Hall–Kier alpha value is -3.15. The van der Waals surface area contributed by atoms with Crippen molar-refractivity contribution < 1.29 is 9.53 Å². The van der Waals surface area contributed by atoms with Crippen molar-refractivity contribution in [1.29, 1.82) is 0 Å². The fourth-order valence-corrected chi connectivity index (χ4v) is 3.23. The second-order valence-corrected chi connectivity index (χ2v) is 6.89. The molecular weight excluding hydrogens is 340 g/mol. The molecule has 6 heteroatoms. The van der Waals surface area contributed by atoms with Crippen LogP contribution in [-0.2, 0) is 6.54 Å². The van der Waals surface area contributed by atoms with Gasteiger partial charge in [-0.1, -0.05) is 18.2 Å². The van der Waals surface area contributed by atoms with Gasteiger partial charge in [-0.15, -0.1) is 0 Å². The van der Waals surface area contributed by atoms with Crippen molar-refractivity contribution in [2.24, 2.45) is 0 Å². The molecule has 6 nitrogen and oxygen atoms in total. The molecule has 0 spiro atoms. The van der Waals surface area contributed by atoms with Gasteiger partial charge < -0.3 is 14.2 Å². The van der Waals surface area contributed by atoms with E-state index in [1.165, 1.54) is 0 Å². The summed E-state index contributed by atoms with van der Waals surface area (Å²) < 4.78 is 7.91. The Morgan fingerprint density at radius 1 is 1.22 bits per heavy atom. The summed E-state index contributed by atoms with van der Waals surface area (Å²) in [6.07, 6.45) is 8.07. The van der Waals surface area contributed by atoms with Gasteiger partial charge >= 0.3 is 0 Å². The lowest BCUT2D eigenvalue weighted by Gasteiger charge is -2.17. The number of aryl methyl sites for hydroxylation is 1. The van der Waals surface area contributed by atoms with E-state index in [1.807, 2.05) is 59.0 Å². The molecule has 0 bridgehead atoms. The smallest absolute Gasteiger partial charge is 0.253 e. The van der Waals surface area contributed by atoms with Crippen LogP contribution in [0.1, 0.15) is 27.9 Å². The Balaban J connectivity index is 1.34. The maximum Gasteiger partial charge on any atom is 0.253 e. The third kappa shape index (κ3) is 4.16. The summed E-state index contributed by atoms with van der Waals surface area (Å²) in [6.45, 7) is 4.03. The van der Waals surface area contributed by atoms with Gasteiger partial charge in [0.05, 0.1) is 12.9 Å². The molecule has 0 radical (unpaired) electrons. The Morgan fingerprint density at radius 2 is 2.07 bits per heavy atom. The second-order valence-electron chi connectivity index (χ2n) is 6.89.